The van der Waals surface area contributed by atoms with Crippen molar-refractivity contribution in [3.63, 3.8) is 0 Å². The zero-order chi connectivity index (χ0) is 22.6. The van der Waals surface area contributed by atoms with Gasteiger partial charge >= 0.3 is 0 Å². The molecule has 4 N–H and O–H groups in total. The highest BCUT2D eigenvalue weighted by molar-refractivity contribution is 5.34. The van der Waals surface area contributed by atoms with Crippen molar-refractivity contribution in [2.24, 2.45) is 5.73 Å². The SMILES string of the molecule is CC(C)(C)c1cccc(C2(NCC(O)[C@@H](N)Cc3cc(F)cc(F)c3)CCCCC2)c1. The van der Waals surface area contributed by atoms with Crippen molar-refractivity contribution in [1.29, 1.82) is 0 Å². The molecule has 3 nitrogen and oxygen atoms in total. The van der Waals surface area contributed by atoms with Crippen LogP contribution < -0.4 is 11.1 Å². The fourth-order valence-electron chi connectivity index (χ4n) is 4.59. The molecule has 1 aliphatic rings. The molecule has 1 fully saturated rings. The van der Waals surface area contributed by atoms with E-state index in [4.69, 9.17) is 5.73 Å². The Bertz CT molecular complexity index is 852. The molecule has 0 aromatic heterocycles. The Balaban J connectivity index is 1.72. The molecule has 170 valence electrons. The van der Waals surface area contributed by atoms with Crippen LogP contribution in [-0.4, -0.2) is 23.8 Å². The van der Waals surface area contributed by atoms with Crippen molar-refractivity contribution in [2.75, 3.05) is 6.54 Å². The molecule has 2 atom stereocenters. The first-order valence-electron chi connectivity index (χ1n) is 11.3. The van der Waals surface area contributed by atoms with E-state index in [-0.39, 0.29) is 17.4 Å². The lowest BCUT2D eigenvalue weighted by Crippen LogP contribution is -2.51. The van der Waals surface area contributed by atoms with Crippen LogP contribution in [0.5, 0.6) is 0 Å². The molecule has 1 saturated carbocycles. The van der Waals surface area contributed by atoms with E-state index in [1.807, 2.05) is 0 Å². The number of rotatable bonds is 7. The number of aliphatic hydroxyl groups excluding tert-OH is 1. The monoisotopic (exact) mass is 430 g/mol. The molecular formula is C26H36F2N2O. The molecule has 0 radical (unpaired) electrons. The van der Waals surface area contributed by atoms with Gasteiger partial charge in [-0.3, -0.25) is 0 Å². The zero-order valence-electron chi connectivity index (χ0n) is 18.9. The van der Waals surface area contributed by atoms with Crippen LogP contribution in [-0.2, 0) is 17.4 Å². The highest BCUT2D eigenvalue weighted by Gasteiger charge is 2.35. The Labute approximate surface area is 185 Å². The Morgan fingerprint density at radius 1 is 1.03 bits per heavy atom. The van der Waals surface area contributed by atoms with E-state index in [9.17, 15) is 13.9 Å². The van der Waals surface area contributed by atoms with Crippen molar-refractivity contribution < 1.29 is 13.9 Å². The number of halogens is 2. The molecular weight excluding hydrogens is 394 g/mol. The van der Waals surface area contributed by atoms with Crippen LogP contribution in [0.1, 0.15) is 69.6 Å². The van der Waals surface area contributed by atoms with E-state index in [2.05, 4.69) is 50.4 Å². The van der Waals surface area contributed by atoms with Gasteiger partial charge in [-0.25, -0.2) is 8.78 Å². The fraction of sp³-hybridized carbons (Fsp3) is 0.538. The van der Waals surface area contributed by atoms with Gasteiger partial charge in [-0.05, 0) is 53.5 Å². The van der Waals surface area contributed by atoms with Gasteiger partial charge in [0.05, 0.1) is 6.10 Å². The zero-order valence-corrected chi connectivity index (χ0v) is 18.9. The van der Waals surface area contributed by atoms with Gasteiger partial charge in [0.1, 0.15) is 11.6 Å². The number of hydrogen-bond acceptors (Lipinski definition) is 3. The maximum Gasteiger partial charge on any atom is 0.126 e. The van der Waals surface area contributed by atoms with Gasteiger partial charge in [0.25, 0.3) is 0 Å². The molecule has 0 amide bonds. The van der Waals surface area contributed by atoms with Gasteiger partial charge in [-0.2, -0.15) is 0 Å². The summed E-state index contributed by atoms with van der Waals surface area (Å²) < 4.78 is 26.9. The van der Waals surface area contributed by atoms with Gasteiger partial charge in [0, 0.05) is 24.2 Å². The molecule has 31 heavy (non-hydrogen) atoms. The Morgan fingerprint density at radius 3 is 2.29 bits per heavy atom. The van der Waals surface area contributed by atoms with Crippen LogP contribution in [0.3, 0.4) is 0 Å². The molecule has 0 saturated heterocycles. The third kappa shape index (κ3) is 6.12. The van der Waals surface area contributed by atoms with Crippen molar-refractivity contribution in [2.45, 2.75) is 82.4 Å². The van der Waals surface area contributed by atoms with Crippen LogP contribution in [0, 0.1) is 11.6 Å². The summed E-state index contributed by atoms with van der Waals surface area (Å²) in [6, 6.07) is 11.5. The first kappa shape index (κ1) is 23.8. The number of benzene rings is 2. The van der Waals surface area contributed by atoms with Crippen LogP contribution >= 0.6 is 0 Å². The predicted octanol–water partition coefficient (Wildman–Crippen LogP) is 4.94. The van der Waals surface area contributed by atoms with Crippen LogP contribution in [0.4, 0.5) is 8.78 Å². The van der Waals surface area contributed by atoms with Crippen molar-refractivity contribution in [3.8, 4) is 0 Å². The minimum atomic E-state index is -0.823. The van der Waals surface area contributed by atoms with Crippen molar-refractivity contribution >= 4 is 0 Å². The number of hydrogen-bond donors (Lipinski definition) is 3. The number of aliphatic hydroxyl groups is 1. The minimum absolute atomic E-state index is 0.0635. The quantitative estimate of drug-likeness (QED) is 0.583. The van der Waals surface area contributed by atoms with Crippen LogP contribution in [0.2, 0.25) is 0 Å². The molecule has 0 spiro atoms. The third-order valence-electron chi connectivity index (χ3n) is 6.53. The Morgan fingerprint density at radius 2 is 1.68 bits per heavy atom. The van der Waals surface area contributed by atoms with Gasteiger partial charge in [0.2, 0.25) is 0 Å². The summed E-state index contributed by atoms with van der Waals surface area (Å²) in [6.45, 7) is 6.97. The topological polar surface area (TPSA) is 58.3 Å². The van der Waals surface area contributed by atoms with E-state index < -0.39 is 23.8 Å². The minimum Gasteiger partial charge on any atom is -0.390 e. The average molecular weight is 431 g/mol. The highest BCUT2D eigenvalue weighted by Crippen LogP contribution is 2.38. The summed E-state index contributed by atoms with van der Waals surface area (Å²) in [5.74, 6) is -1.26. The fourth-order valence-corrected chi connectivity index (χ4v) is 4.59. The average Bonchev–Trinajstić information content (AvgIpc) is 2.71. The van der Waals surface area contributed by atoms with Crippen molar-refractivity contribution in [1.82, 2.24) is 5.32 Å². The molecule has 1 aliphatic carbocycles. The summed E-state index contributed by atoms with van der Waals surface area (Å²) >= 11 is 0. The molecule has 0 aliphatic heterocycles. The summed E-state index contributed by atoms with van der Waals surface area (Å²) in [6.07, 6.45) is 4.90. The molecule has 1 unspecified atom stereocenters. The lowest BCUT2D eigenvalue weighted by atomic mass is 9.74. The van der Waals surface area contributed by atoms with E-state index in [0.717, 1.165) is 31.7 Å². The van der Waals surface area contributed by atoms with Gasteiger partial charge in [-0.15, -0.1) is 0 Å². The smallest absolute Gasteiger partial charge is 0.126 e. The number of nitrogens with one attached hydrogen (secondary N) is 1. The highest BCUT2D eigenvalue weighted by atomic mass is 19.1. The van der Waals surface area contributed by atoms with Gasteiger partial charge < -0.3 is 16.2 Å². The maximum absolute atomic E-state index is 13.5. The second-order valence-corrected chi connectivity index (χ2v) is 10.1. The van der Waals surface area contributed by atoms with E-state index in [1.54, 1.807) is 0 Å². The molecule has 3 rings (SSSR count). The number of nitrogens with two attached hydrogens (primary N) is 1. The van der Waals surface area contributed by atoms with Gasteiger partial charge in [0.15, 0.2) is 0 Å². The van der Waals surface area contributed by atoms with E-state index in [1.165, 1.54) is 29.7 Å². The molecule has 0 bridgehead atoms. The summed E-state index contributed by atoms with van der Waals surface area (Å²) in [4.78, 5) is 0. The first-order chi connectivity index (χ1) is 14.6. The molecule has 2 aromatic carbocycles. The summed E-state index contributed by atoms with van der Waals surface area (Å²) in [5, 5.41) is 14.4. The van der Waals surface area contributed by atoms with Crippen LogP contribution in [0.15, 0.2) is 42.5 Å². The van der Waals surface area contributed by atoms with Crippen LogP contribution in [0.25, 0.3) is 0 Å². The third-order valence-corrected chi connectivity index (χ3v) is 6.53. The first-order valence-corrected chi connectivity index (χ1v) is 11.3. The standard InChI is InChI=1S/C26H36F2N2O/c1-25(2,3)19-8-7-9-20(15-19)26(10-5-4-6-11-26)30-17-24(31)23(29)14-18-12-21(27)16-22(28)13-18/h7-9,12-13,15-16,23-24,30-31H,4-6,10-11,14,17,29H2,1-3H3/t23-,24?/m0/s1. The normalized spacial score (nSPS) is 18.5. The Kier molecular flexibility index (Phi) is 7.51. The summed E-state index contributed by atoms with van der Waals surface area (Å²) in [5.41, 5.74) is 9.07. The summed E-state index contributed by atoms with van der Waals surface area (Å²) in [7, 11) is 0. The lowest BCUT2D eigenvalue weighted by molar-refractivity contribution is 0.116. The molecule has 0 heterocycles. The predicted molar refractivity (Wildman–Crippen MR) is 122 cm³/mol. The second-order valence-electron chi connectivity index (χ2n) is 10.1. The van der Waals surface area contributed by atoms with Gasteiger partial charge in [-0.1, -0.05) is 64.3 Å². The van der Waals surface area contributed by atoms with E-state index in [0.29, 0.717) is 12.1 Å². The van der Waals surface area contributed by atoms with E-state index >= 15 is 0 Å². The lowest BCUT2D eigenvalue weighted by Gasteiger charge is -2.40. The largest absolute Gasteiger partial charge is 0.390 e. The van der Waals surface area contributed by atoms with Crippen molar-refractivity contribution in [3.05, 3.63) is 70.8 Å². The second kappa shape index (κ2) is 9.76. The molecule has 5 heteroatoms. The Hall–Kier alpha value is -1.82. The molecule has 2 aromatic rings. The maximum atomic E-state index is 13.5.